The molecule has 3 rings (SSSR count). The molecule has 0 radical (unpaired) electrons. The van der Waals surface area contributed by atoms with Gasteiger partial charge in [0.25, 0.3) is 0 Å². The third-order valence-electron chi connectivity index (χ3n) is 4.16. The number of nitrogens with two attached hydrogens (primary N) is 1. The molecule has 0 spiro atoms. The Morgan fingerprint density at radius 3 is 2.64 bits per heavy atom. The topological polar surface area (TPSA) is 125 Å². The summed E-state index contributed by atoms with van der Waals surface area (Å²) in [5.41, 5.74) is 9.17. The summed E-state index contributed by atoms with van der Waals surface area (Å²) in [4.78, 5) is 6.38. The minimum atomic E-state index is -1.45. The fourth-order valence-corrected chi connectivity index (χ4v) is 3.72. The van der Waals surface area contributed by atoms with Crippen molar-refractivity contribution >= 4 is 17.2 Å². The van der Waals surface area contributed by atoms with Crippen molar-refractivity contribution in [2.45, 2.75) is 31.3 Å². The van der Waals surface area contributed by atoms with Gasteiger partial charge in [-0.1, -0.05) is 6.07 Å². The molecule has 0 amide bonds. The molecule has 4 N–H and O–H groups in total. The number of benzene rings is 1. The first-order chi connectivity index (χ1) is 13.1. The van der Waals surface area contributed by atoms with Crippen molar-refractivity contribution < 1.29 is 9.66 Å². The van der Waals surface area contributed by atoms with Gasteiger partial charge in [-0.3, -0.25) is 0 Å². The van der Waals surface area contributed by atoms with Crippen LogP contribution in [0.1, 0.15) is 19.4 Å². The van der Waals surface area contributed by atoms with Gasteiger partial charge in [-0.15, -0.1) is 4.72 Å². The van der Waals surface area contributed by atoms with Crippen LogP contribution in [0.2, 0.25) is 0 Å². The van der Waals surface area contributed by atoms with Gasteiger partial charge in [-0.25, -0.2) is 4.98 Å². The van der Waals surface area contributed by atoms with Gasteiger partial charge in [0.2, 0.25) is 0 Å². The van der Waals surface area contributed by atoms with Gasteiger partial charge in [0, 0.05) is 30.4 Å². The van der Waals surface area contributed by atoms with E-state index in [0.717, 1.165) is 16.7 Å². The first kappa shape index (κ1) is 20.3. The van der Waals surface area contributed by atoms with E-state index in [9.17, 15) is 9.66 Å². The third kappa shape index (κ3) is 4.68. The molecule has 0 aliphatic carbocycles. The molecule has 28 heavy (non-hydrogen) atoms. The van der Waals surface area contributed by atoms with Crippen molar-refractivity contribution in [1.82, 2.24) is 24.7 Å². The van der Waals surface area contributed by atoms with Gasteiger partial charge in [-0.05, 0) is 44.0 Å². The van der Waals surface area contributed by atoms with E-state index in [0.29, 0.717) is 22.0 Å². The fourth-order valence-electron chi connectivity index (χ4n) is 2.65. The van der Waals surface area contributed by atoms with Crippen LogP contribution in [0.3, 0.4) is 0 Å². The Bertz CT molecular complexity index is 983. The summed E-state index contributed by atoms with van der Waals surface area (Å²) in [5, 5.41) is 18.2. The van der Waals surface area contributed by atoms with Crippen LogP contribution < -0.4 is 10.5 Å². The fraction of sp³-hybridized carbons (Fsp3) is 0.316. The van der Waals surface area contributed by atoms with Gasteiger partial charge >= 0.3 is 0 Å². The second-order valence-corrected chi connectivity index (χ2v) is 8.55. The van der Waals surface area contributed by atoms with Crippen molar-refractivity contribution in [3.63, 3.8) is 0 Å². The highest BCUT2D eigenvalue weighted by atomic mass is 32.2. The standard InChI is InChI=1S/C19H24N6O2S/c1-12-5-6-14(28(27)23-11-19(2,3)26)8-15(12)13-7-16(18(20)21-9-13)17-10-22-25(4)24-17/h5-10,23,26H,11H2,1-4H3,(H2,20,21). The van der Waals surface area contributed by atoms with Crippen LogP contribution in [0, 0.1) is 6.92 Å². The Kier molecular flexibility index (Phi) is 5.71. The number of aromatic nitrogens is 4. The monoisotopic (exact) mass is 400 g/mol. The van der Waals surface area contributed by atoms with Gasteiger partial charge in [0.1, 0.15) is 11.5 Å². The molecule has 9 heteroatoms. The number of nitrogens with zero attached hydrogens (tertiary/aromatic N) is 4. The van der Waals surface area contributed by atoms with E-state index in [4.69, 9.17) is 5.73 Å². The number of rotatable bonds is 6. The lowest BCUT2D eigenvalue weighted by molar-refractivity contribution is 0.0857. The lowest BCUT2D eigenvalue weighted by Gasteiger charge is -2.19. The Balaban J connectivity index is 1.95. The number of nitrogen functional groups attached to an aromatic ring is 1. The van der Waals surface area contributed by atoms with Crippen LogP contribution >= 0.6 is 0 Å². The third-order valence-corrected chi connectivity index (χ3v) is 5.25. The van der Waals surface area contributed by atoms with Crippen LogP contribution in [0.25, 0.3) is 22.4 Å². The van der Waals surface area contributed by atoms with E-state index in [1.54, 1.807) is 39.4 Å². The van der Waals surface area contributed by atoms with Gasteiger partial charge in [-0.2, -0.15) is 15.0 Å². The van der Waals surface area contributed by atoms with Crippen molar-refractivity contribution in [3.05, 3.63) is 42.2 Å². The first-order valence-corrected chi connectivity index (χ1v) is 9.90. The van der Waals surface area contributed by atoms with Crippen LogP contribution in [0.4, 0.5) is 5.82 Å². The lowest BCUT2D eigenvalue weighted by Crippen LogP contribution is -2.38. The van der Waals surface area contributed by atoms with Crippen LogP contribution in [-0.4, -0.2) is 41.8 Å². The van der Waals surface area contributed by atoms with Gasteiger partial charge in [0.05, 0.1) is 29.7 Å². The maximum Gasteiger partial charge on any atom is 0.174 e. The van der Waals surface area contributed by atoms with Crippen molar-refractivity contribution in [2.24, 2.45) is 7.05 Å². The molecule has 1 atom stereocenters. The molecule has 2 aromatic heterocycles. The van der Waals surface area contributed by atoms with E-state index in [2.05, 4.69) is 19.9 Å². The van der Waals surface area contributed by atoms with Gasteiger partial charge < -0.3 is 15.4 Å². The van der Waals surface area contributed by atoms with E-state index in [1.807, 2.05) is 25.1 Å². The summed E-state index contributed by atoms with van der Waals surface area (Å²) < 4.78 is 15.4. The molecule has 1 aromatic carbocycles. The normalized spacial score (nSPS) is 12.9. The second kappa shape index (κ2) is 7.88. The Morgan fingerprint density at radius 2 is 2.00 bits per heavy atom. The van der Waals surface area contributed by atoms with Crippen LogP contribution in [-0.2, 0) is 18.4 Å². The molecule has 2 heterocycles. The maximum absolute atomic E-state index is 12.6. The predicted molar refractivity (Wildman–Crippen MR) is 110 cm³/mol. The molecular formula is C19H24N6O2S. The molecule has 148 valence electrons. The molecule has 0 saturated carbocycles. The number of aryl methyl sites for hydroxylation is 2. The molecule has 0 aliphatic heterocycles. The smallest absolute Gasteiger partial charge is 0.174 e. The first-order valence-electron chi connectivity index (χ1n) is 8.75. The number of nitrogens with one attached hydrogen (secondary N) is 1. The highest BCUT2D eigenvalue weighted by Gasteiger charge is 2.20. The SMILES string of the molecule is Cc1ccc([S+]([O-])NCC(C)(C)O)cc1-c1cnc(N)c(-c2cnn(C)n2)c1. The van der Waals surface area contributed by atoms with E-state index < -0.39 is 17.0 Å². The van der Waals surface area contributed by atoms with E-state index >= 15 is 0 Å². The molecule has 1 unspecified atom stereocenters. The molecule has 0 aliphatic rings. The summed E-state index contributed by atoms with van der Waals surface area (Å²) in [6.07, 6.45) is 3.32. The minimum absolute atomic E-state index is 0.211. The van der Waals surface area contributed by atoms with Gasteiger partial charge in [0.15, 0.2) is 4.90 Å². The number of hydrogen-bond donors (Lipinski definition) is 3. The second-order valence-electron chi connectivity index (χ2n) is 7.26. The number of hydrogen-bond acceptors (Lipinski definition) is 7. The van der Waals surface area contributed by atoms with Crippen LogP contribution in [0.15, 0.2) is 41.6 Å². The summed E-state index contributed by atoms with van der Waals surface area (Å²) in [7, 11) is 1.74. The molecule has 0 saturated heterocycles. The van der Waals surface area contributed by atoms with E-state index in [-0.39, 0.29) is 6.54 Å². The Hall–Kier alpha value is -2.46. The number of aliphatic hydroxyl groups is 1. The summed E-state index contributed by atoms with van der Waals surface area (Å²) in [6.45, 7) is 5.51. The zero-order valence-corrected chi connectivity index (χ0v) is 17.1. The van der Waals surface area contributed by atoms with Crippen LogP contribution in [0.5, 0.6) is 0 Å². The molecule has 0 bridgehead atoms. The van der Waals surface area contributed by atoms with Crippen molar-refractivity contribution in [1.29, 1.82) is 0 Å². The Morgan fingerprint density at radius 1 is 1.25 bits per heavy atom. The molecule has 3 aromatic rings. The van der Waals surface area contributed by atoms with Crippen molar-refractivity contribution in [2.75, 3.05) is 12.3 Å². The number of pyridine rings is 1. The molecule has 8 nitrogen and oxygen atoms in total. The van der Waals surface area contributed by atoms with Crippen molar-refractivity contribution in [3.8, 4) is 22.4 Å². The predicted octanol–water partition coefficient (Wildman–Crippen LogP) is 1.82. The average Bonchev–Trinajstić information content (AvgIpc) is 3.06. The largest absolute Gasteiger partial charge is 0.593 e. The summed E-state index contributed by atoms with van der Waals surface area (Å²) in [5.74, 6) is 0.369. The zero-order valence-electron chi connectivity index (χ0n) is 16.3. The quantitative estimate of drug-likeness (QED) is 0.539. The Labute approximate surface area is 167 Å². The summed E-state index contributed by atoms with van der Waals surface area (Å²) in [6, 6.07) is 7.48. The number of anilines is 1. The summed E-state index contributed by atoms with van der Waals surface area (Å²) >= 11 is -1.45. The minimum Gasteiger partial charge on any atom is -0.593 e. The van der Waals surface area contributed by atoms with E-state index in [1.165, 1.54) is 4.80 Å². The molecular weight excluding hydrogens is 376 g/mol. The zero-order chi connectivity index (χ0) is 20.5. The molecule has 0 fully saturated rings. The lowest BCUT2D eigenvalue weighted by atomic mass is 10.00. The maximum atomic E-state index is 12.6. The average molecular weight is 401 g/mol. The highest BCUT2D eigenvalue weighted by molar-refractivity contribution is 7.89. The highest BCUT2D eigenvalue weighted by Crippen LogP contribution is 2.31.